The summed E-state index contributed by atoms with van der Waals surface area (Å²) in [6.07, 6.45) is 3.71. The Balaban J connectivity index is 2.72. The van der Waals surface area contributed by atoms with Gasteiger partial charge >= 0.3 is 5.97 Å². The Hall–Kier alpha value is -1.91. The molecule has 0 bridgehead atoms. The fourth-order valence-electron chi connectivity index (χ4n) is 1.35. The monoisotopic (exact) mass is 236 g/mol. The van der Waals surface area contributed by atoms with Crippen LogP contribution in [0.1, 0.15) is 36.7 Å². The Labute approximate surface area is 100 Å². The average molecular weight is 236 g/mol. The van der Waals surface area contributed by atoms with E-state index >= 15 is 0 Å². The Morgan fingerprint density at radius 2 is 2.12 bits per heavy atom. The number of carbonyl (C=O) groups excluding carboxylic acids is 1. The second-order valence-corrected chi connectivity index (χ2v) is 3.76. The SMILES string of the molecule is CCCCC(=O)N(C)c1ccc(C(=O)O)nc1. The van der Waals surface area contributed by atoms with Crippen LogP contribution in [0.4, 0.5) is 5.69 Å². The second-order valence-electron chi connectivity index (χ2n) is 3.76. The van der Waals surface area contributed by atoms with Gasteiger partial charge in [0.05, 0.1) is 11.9 Å². The van der Waals surface area contributed by atoms with Crippen molar-refractivity contribution in [1.29, 1.82) is 0 Å². The van der Waals surface area contributed by atoms with E-state index < -0.39 is 5.97 Å². The van der Waals surface area contributed by atoms with Crippen molar-refractivity contribution in [1.82, 2.24) is 4.98 Å². The van der Waals surface area contributed by atoms with E-state index in [1.165, 1.54) is 17.2 Å². The summed E-state index contributed by atoms with van der Waals surface area (Å²) in [5.41, 5.74) is 0.583. The summed E-state index contributed by atoms with van der Waals surface area (Å²) in [5.74, 6) is -1.06. The molecule has 0 aliphatic carbocycles. The van der Waals surface area contributed by atoms with Gasteiger partial charge < -0.3 is 10.0 Å². The number of nitrogens with zero attached hydrogens (tertiary/aromatic N) is 2. The van der Waals surface area contributed by atoms with Gasteiger partial charge in [-0.2, -0.15) is 0 Å². The third kappa shape index (κ3) is 3.55. The fraction of sp³-hybridized carbons (Fsp3) is 0.417. The zero-order valence-corrected chi connectivity index (χ0v) is 10.0. The lowest BCUT2D eigenvalue weighted by molar-refractivity contribution is -0.118. The highest BCUT2D eigenvalue weighted by molar-refractivity contribution is 5.93. The molecular weight excluding hydrogens is 220 g/mol. The van der Waals surface area contributed by atoms with Gasteiger partial charge in [-0.1, -0.05) is 13.3 Å². The normalized spacial score (nSPS) is 10.0. The molecule has 0 aliphatic heterocycles. The number of amides is 1. The molecule has 0 spiro atoms. The van der Waals surface area contributed by atoms with Crippen molar-refractivity contribution in [2.24, 2.45) is 0 Å². The number of rotatable bonds is 5. The number of carbonyl (C=O) groups is 2. The van der Waals surface area contributed by atoms with E-state index in [0.717, 1.165) is 12.8 Å². The molecule has 1 rings (SSSR count). The standard InChI is InChI=1S/C12H16N2O3/c1-3-4-5-11(15)14(2)9-6-7-10(12(16)17)13-8-9/h6-8H,3-5H2,1-2H3,(H,16,17). The minimum atomic E-state index is -1.07. The van der Waals surface area contributed by atoms with E-state index in [4.69, 9.17) is 5.11 Å². The summed E-state index contributed by atoms with van der Waals surface area (Å²) in [6.45, 7) is 2.02. The molecule has 0 aromatic carbocycles. The number of anilines is 1. The molecule has 0 atom stereocenters. The zero-order chi connectivity index (χ0) is 12.8. The van der Waals surface area contributed by atoms with E-state index in [-0.39, 0.29) is 11.6 Å². The summed E-state index contributed by atoms with van der Waals surface area (Å²) in [7, 11) is 1.66. The van der Waals surface area contributed by atoms with Crippen LogP contribution in [0.25, 0.3) is 0 Å². The highest BCUT2D eigenvalue weighted by Gasteiger charge is 2.11. The molecule has 1 heterocycles. The van der Waals surface area contributed by atoms with Crippen molar-refractivity contribution in [2.75, 3.05) is 11.9 Å². The van der Waals surface area contributed by atoms with Crippen molar-refractivity contribution in [2.45, 2.75) is 26.2 Å². The minimum absolute atomic E-state index is 0.0109. The first kappa shape index (κ1) is 13.2. The van der Waals surface area contributed by atoms with Crippen LogP contribution in [-0.2, 0) is 4.79 Å². The van der Waals surface area contributed by atoms with Gasteiger partial charge in [0.2, 0.25) is 5.91 Å². The smallest absolute Gasteiger partial charge is 0.354 e. The summed E-state index contributed by atoms with van der Waals surface area (Å²) in [5, 5.41) is 8.70. The number of carboxylic acid groups (broad SMARTS) is 1. The fourth-order valence-corrected chi connectivity index (χ4v) is 1.35. The number of hydrogen-bond acceptors (Lipinski definition) is 3. The lowest BCUT2D eigenvalue weighted by atomic mass is 10.2. The molecule has 0 saturated heterocycles. The zero-order valence-electron chi connectivity index (χ0n) is 10.0. The first-order chi connectivity index (χ1) is 8.06. The molecule has 0 radical (unpaired) electrons. The lowest BCUT2D eigenvalue weighted by Gasteiger charge is -2.16. The summed E-state index contributed by atoms with van der Waals surface area (Å²) >= 11 is 0. The second kappa shape index (κ2) is 5.98. The van der Waals surface area contributed by atoms with E-state index in [2.05, 4.69) is 4.98 Å². The Morgan fingerprint density at radius 1 is 1.41 bits per heavy atom. The van der Waals surface area contributed by atoms with Crippen LogP contribution in [-0.4, -0.2) is 29.0 Å². The summed E-state index contributed by atoms with van der Waals surface area (Å²) in [4.78, 5) is 27.6. The van der Waals surface area contributed by atoms with Crippen LogP contribution in [0.5, 0.6) is 0 Å². The number of pyridine rings is 1. The topological polar surface area (TPSA) is 70.5 Å². The van der Waals surface area contributed by atoms with Gasteiger partial charge in [0, 0.05) is 13.5 Å². The number of unbranched alkanes of at least 4 members (excludes halogenated alkanes) is 1. The maximum atomic E-state index is 11.7. The van der Waals surface area contributed by atoms with Gasteiger partial charge in [-0.15, -0.1) is 0 Å². The molecule has 0 fully saturated rings. The number of carboxylic acids is 1. The van der Waals surface area contributed by atoms with Crippen LogP contribution in [0.3, 0.4) is 0 Å². The lowest BCUT2D eigenvalue weighted by Crippen LogP contribution is -2.26. The van der Waals surface area contributed by atoms with Crippen molar-refractivity contribution >= 4 is 17.6 Å². The molecule has 17 heavy (non-hydrogen) atoms. The maximum Gasteiger partial charge on any atom is 0.354 e. The Morgan fingerprint density at radius 3 is 2.59 bits per heavy atom. The quantitative estimate of drug-likeness (QED) is 0.848. The number of aromatic nitrogens is 1. The Kier molecular flexibility index (Phi) is 4.63. The molecule has 1 aromatic rings. The van der Waals surface area contributed by atoms with E-state index in [9.17, 15) is 9.59 Å². The van der Waals surface area contributed by atoms with Gasteiger partial charge in [0.25, 0.3) is 0 Å². The predicted molar refractivity (Wildman–Crippen MR) is 64.1 cm³/mol. The van der Waals surface area contributed by atoms with Crippen LogP contribution in [0.2, 0.25) is 0 Å². The average Bonchev–Trinajstić information content (AvgIpc) is 2.35. The van der Waals surface area contributed by atoms with Gasteiger partial charge in [-0.25, -0.2) is 9.78 Å². The molecule has 92 valence electrons. The van der Waals surface area contributed by atoms with Crippen LogP contribution >= 0.6 is 0 Å². The first-order valence-corrected chi connectivity index (χ1v) is 5.52. The molecular formula is C12H16N2O3. The van der Waals surface area contributed by atoms with Crippen molar-refractivity contribution in [3.8, 4) is 0 Å². The third-order valence-corrected chi connectivity index (χ3v) is 2.47. The highest BCUT2D eigenvalue weighted by Crippen LogP contribution is 2.13. The molecule has 1 N–H and O–H groups in total. The number of aromatic carboxylic acids is 1. The van der Waals surface area contributed by atoms with E-state index in [0.29, 0.717) is 12.1 Å². The number of hydrogen-bond donors (Lipinski definition) is 1. The molecule has 0 saturated carbocycles. The van der Waals surface area contributed by atoms with Gasteiger partial charge in [0.1, 0.15) is 5.69 Å². The minimum Gasteiger partial charge on any atom is -0.477 e. The van der Waals surface area contributed by atoms with Gasteiger partial charge in [-0.05, 0) is 18.6 Å². The first-order valence-electron chi connectivity index (χ1n) is 5.52. The van der Waals surface area contributed by atoms with Crippen LogP contribution < -0.4 is 4.90 Å². The predicted octanol–water partition coefficient (Wildman–Crippen LogP) is 1.93. The molecule has 5 heteroatoms. The van der Waals surface area contributed by atoms with Gasteiger partial charge in [-0.3, -0.25) is 4.79 Å². The van der Waals surface area contributed by atoms with Crippen LogP contribution in [0, 0.1) is 0 Å². The summed E-state index contributed by atoms with van der Waals surface area (Å²) in [6, 6.07) is 2.97. The van der Waals surface area contributed by atoms with Crippen LogP contribution in [0.15, 0.2) is 18.3 Å². The van der Waals surface area contributed by atoms with Gasteiger partial charge in [0.15, 0.2) is 0 Å². The van der Waals surface area contributed by atoms with E-state index in [1.54, 1.807) is 13.1 Å². The molecule has 0 unspecified atom stereocenters. The molecule has 1 aromatic heterocycles. The maximum absolute atomic E-state index is 11.7. The molecule has 1 amide bonds. The molecule has 0 aliphatic rings. The third-order valence-electron chi connectivity index (χ3n) is 2.47. The summed E-state index contributed by atoms with van der Waals surface area (Å²) < 4.78 is 0. The van der Waals surface area contributed by atoms with Crippen molar-refractivity contribution in [3.05, 3.63) is 24.0 Å². The highest BCUT2D eigenvalue weighted by atomic mass is 16.4. The largest absolute Gasteiger partial charge is 0.477 e. The Bertz CT molecular complexity index is 401. The molecule has 5 nitrogen and oxygen atoms in total. The van der Waals surface area contributed by atoms with E-state index in [1.807, 2.05) is 6.92 Å². The van der Waals surface area contributed by atoms with Crippen molar-refractivity contribution in [3.63, 3.8) is 0 Å². The van der Waals surface area contributed by atoms with Crippen molar-refractivity contribution < 1.29 is 14.7 Å².